The summed E-state index contributed by atoms with van der Waals surface area (Å²) in [6.45, 7) is 0.718. The molecule has 1 atom stereocenters. The minimum atomic E-state index is -0.447. The second-order valence-electron chi connectivity index (χ2n) is 4.74. The molecule has 1 unspecified atom stereocenters. The summed E-state index contributed by atoms with van der Waals surface area (Å²) in [5, 5.41) is 20.8. The second-order valence-corrected chi connectivity index (χ2v) is 5.15. The molecular weight excluding hydrogens is 268 g/mol. The van der Waals surface area contributed by atoms with Crippen LogP contribution in [0.15, 0.2) is 18.2 Å². The molecule has 1 N–H and O–H groups in total. The Balaban J connectivity index is 2.43. The van der Waals surface area contributed by atoms with Crippen molar-refractivity contribution in [2.45, 2.75) is 31.7 Å². The monoisotopic (exact) mass is 284 g/mol. The Morgan fingerprint density at radius 2 is 2.21 bits per heavy atom. The van der Waals surface area contributed by atoms with Crippen molar-refractivity contribution in [1.29, 1.82) is 0 Å². The number of anilines is 1. The van der Waals surface area contributed by atoms with Gasteiger partial charge < -0.3 is 10.0 Å². The third-order valence-corrected chi connectivity index (χ3v) is 3.85. The average Bonchev–Trinajstić information content (AvgIpc) is 2.62. The van der Waals surface area contributed by atoms with Crippen LogP contribution in [0.4, 0.5) is 11.4 Å². The van der Waals surface area contributed by atoms with Crippen molar-refractivity contribution in [2.24, 2.45) is 0 Å². The van der Waals surface area contributed by atoms with E-state index in [1.807, 2.05) is 4.90 Å². The summed E-state index contributed by atoms with van der Waals surface area (Å²) in [4.78, 5) is 12.7. The molecule has 19 heavy (non-hydrogen) atoms. The van der Waals surface area contributed by atoms with Gasteiger partial charge in [-0.1, -0.05) is 30.5 Å². The Morgan fingerprint density at radius 3 is 2.89 bits per heavy atom. The fraction of sp³-hybridized carbons (Fsp3) is 0.538. The molecule has 1 saturated heterocycles. The van der Waals surface area contributed by atoms with Crippen LogP contribution in [0, 0.1) is 10.1 Å². The average molecular weight is 285 g/mol. The highest BCUT2D eigenvalue weighted by atomic mass is 35.5. The molecule has 1 aromatic carbocycles. The summed E-state index contributed by atoms with van der Waals surface area (Å²) < 4.78 is 0. The van der Waals surface area contributed by atoms with Crippen LogP contribution in [0.5, 0.6) is 0 Å². The van der Waals surface area contributed by atoms with E-state index in [4.69, 9.17) is 11.6 Å². The Kier molecular flexibility index (Phi) is 4.61. The van der Waals surface area contributed by atoms with E-state index < -0.39 is 4.92 Å². The Hall–Kier alpha value is -1.33. The summed E-state index contributed by atoms with van der Waals surface area (Å²) in [7, 11) is 0. The van der Waals surface area contributed by atoms with Gasteiger partial charge in [-0.15, -0.1) is 0 Å². The zero-order valence-corrected chi connectivity index (χ0v) is 11.3. The van der Waals surface area contributed by atoms with Crippen LogP contribution in [-0.2, 0) is 0 Å². The van der Waals surface area contributed by atoms with E-state index in [0.29, 0.717) is 12.2 Å². The van der Waals surface area contributed by atoms with Gasteiger partial charge in [-0.05, 0) is 25.0 Å². The number of hydrogen-bond acceptors (Lipinski definition) is 4. The van der Waals surface area contributed by atoms with Crippen LogP contribution >= 0.6 is 11.6 Å². The van der Waals surface area contributed by atoms with Crippen molar-refractivity contribution in [2.75, 3.05) is 18.1 Å². The largest absolute Gasteiger partial charge is 0.394 e. The molecule has 0 saturated carbocycles. The molecule has 1 aliphatic heterocycles. The highest BCUT2D eigenvalue weighted by molar-refractivity contribution is 6.33. The molecule has 0 aliphatic carbocycles. The zero-order valence-electron chi connectivity index (χ0n) is 10.6. The number of rotatable bonds is 3. The molecule has 0 spiro atoms. The third kappa shape index (κ3) is 2.98. The molecule has 0 amide bonds. The fourth-order valence-electron chi connectivity index (χ4n) is 2.60. The van der Waals surface area contributed by atoms with Crippen molar-refractivity contribution in [3.8, 4) is 0 Å². The van der Waals surface area contributed by atoms with Crippen LogP contribution in [0.1, 0.15) is 25.7 Å². The standard InChI is InChI=1S/C13H17ClN2O3/c14-11-6-4-7-12(13(11)16(18)19)15-8-3-1-2-5-10(15)9-17/h4,6-7,10,17H,1-3,5,8-9H2. The lowest BCUT2D eigenvalue weighted by atomic mass is 10.1. The summed E-state index contributed by atoms with van der Waals surface area (Å²) in [6.07, 6.45) is 3.94. The van der Waals surface area contributed by atoms with E-state index >= 15 is 0 Å². The predicted octanol–water partition coefficient (Wildman–Crippen LogP) is 2.99. The van der Waals surface area contributed by atoms with Gasteiger partial charge in [-0.3, -0.25) is 10.1 Å². The Labute approximate surface area is 116 Å². The maximum atomic E-state index is 11.2. The number of benzene rings is 1. The first-order valence-corrected chi connectivity index (χ1v) is 6.83. The number of aliphatic hydroxyl groups excluding tert-OH is 1. The van der Waals surface area contributed by atoms with Gasteiger partial charge in [0.25, 0.3) is 0 Å². The lowest BCUT2D eigenvalue weighted by Crippen LogP contribution is -2.37. The maximum absolute atomic E-state index is 11.2. The van der Waals surface area contributed by atoms with Crippen LogP contribution < -0.4 is 4.90 Å². The molecule has 1 aromatic rings. The SMILES string of the molecule is O=[N+]([O-])c1c(Cl)cccc1N1CCCCCC1CO. The molecule has 104 valence electrons. The number of aliphatic hydroxyl groups is 1. The van der Waals surface area contributed by atoms with E-state index in [2.05, 4.69) is 0 Å². The van der Waals surface area contributed by atoms with Gasteiger partial charge in [0.1, 0.15) is 10.7 Å². The van der Waals surface area contributed by atoms with Gasteiger partial charge in [0.15, 0.2) is 0 Å². The van der Waals surface area contributed by atoms with E-state index in [9.17, 15) is 15.2 Å². The lowest BCUT2D eigenvalue weighted by Gasteiger charge is -2.30. The molecule has 1 heterocycles. The highest BCUT2D eigenvalue weighted by Gasteiger charge is 2.28. The molecule has 5 nitrogen and oxygen atoms in total. The summed E-state index contributed by atoms with van der Waals surface area (Å²) in [5.74, 6) is 0. The first-order valence-electron chi connectivity index (χ1n) is 6.45. The summed E-state index contributed by atoms with van der Waals surface area (Å²) in [6, 6.07) is 4.87. The summed E-state index contributed by atoms with van der Waals surface area (Å²) >= 11 is 5.94. The van der Waals surface area contributed by atoms with Gasteiger partial charge in [0.05, 0.1) is 17.6 Å². The van der Waals surface area contributed by atoms with Crippen molar-refractivity contribution < 1.29 is 10.0 Å². The molecule has 1 fully saturated rings. The van der Waals surface area contributed by atoms with Crippen LogP contribution in [0.3, 0.4) is 0 Å². The second kappa shape index (κ2) is 6.21. The van der Waals surface area contributed by atoms with Gasteiger partial charge in [0, 0.05) is 6.54 Å². The highest BCUT2D eigenvalue weighted by Crippen LogP contribution is 2.37. The van der Waals surface area contributed by atoms with E-state index in [-0.39, 0.29) is 23.4 Å². The molecule has 0 aromatic heterocycles. The normalized spacial score (nSPS) is 20.1. The minimum Gasteiger partial charge on any atom is -0.394 e. The van der Waals surface area contributed by atoms with Crippen LogP contribution in [0.25, 0.3) is 0 Å². The predicted molar refractivity (Wildman–Crippen MR) is 74.8 cm³/mol. The first kappa shape index (κ1) is 14.1. The van der Waals surface area contributed by atoms with Crippen molar-refractivity contribution in [1.82, 2.24) is 0 Å². The maximum Gasteiger partial charge on any atom is 0.310 e. The fourth-order valence-corrected chi connectivity index (χ4v) is 2.84. The van der Waals surface area contributed by atoms with E-state index in [0.717, 1.165) is 25.7 Å². The number of nitro groups is 1. The van der Waals surface area contributed by atoms with Crippen molar-refractivity contribution in [3.63, 3.8) is 0 Å². The van der Waals surface area contributed by atoms with Gasteiger partial charge >= 0.3 is 5.69 Å². The number of para-hydroxylation sites is 1. The van der Waals surface area contributed by atoms with Crippen LogP contribution in [0.2, 0.25) is 5.02 Å². The smallest absolute Gasteiger partial charge is 0.310 e. The first-order chi connectivity index (χ1) is 9.15. The minimum absolute atomic E-state index is 0.00364. The Bertz CT molecular complexity index is 467. The van der Waals surface area contributed by atoms with Gasteiger partial charge in [-0.2, -0.15) is 0 Å². The van der Waals surface area contributed by atoms with Gasteiger partial charge in [-0.25, -0.2) is 0 Å². The number of nitro benzene ring substituents is 1. The third-order valence-electron chi connectivity index (χ3n) is 3.55. The molecule has 1 aliphatic rings. The number of nitrogens with zero attached hydrogens (tertiary/aromatic N) is 2. The Morgan fingerprint density at radius 1 is 1.42 bits per heavy atom. The van der Waals surface area contributed by atoms with E-state index in [1.54, 1.807) is 12.1 Å². The topological polar surface area (TPSA) is 66.6 Å². The molecule has 0 bridgehead atoms. The van der Waals surface area contributed by atoms with Crippen molar-refractivity contribution in [3.05, 3.63) is 33.3 Å². The number of hydrogen-bond donors (Lipinski definition) is 1. The van der Waals surface area contributed by atoms with Crippen LogP contribution in [-0.4, -0.2) is 29.2 Å². The van der Waals surface area contributed by atoms with Gasteiger partial charge in [0.2, 0.25) is 0 Å². The lowest BCUT2D eigenvalue weighted by molar-refractivity contribution is -0.384. The molecule has 6 heteroatoms. The molecule has 0 radical (unpaired) electrons. The van der Waals surface area contributed by atoms with E-state index in [1.165, 1.54) is 6.07 Å². The summed E-state index contributed by atoms with van der Waals surface area (Å²) in [5.41, 5.74) is 0.447. The quantitative estimate of drug-likeness (QED) is 0.684. The zero-order chi connectivity index (χ0) is 13.8. The molecule has 2 rings (SSSR count). The molecular formula is C13H17ClN2O3. The van der Waals surface area contributed by atoms with Crippen molar-refractivity contribution >= 4 is 23.0 Å². The number of halogens is 1.